The van der Waals surface area contributed by atoms with Crippen LogP contribution in [0.25, 0.3) is 0 Å². The van der Waals surface area contributed by atoms with Crippen LogP contribution in [0, 0.1) is 5.92 Å². The van der Waals surface area contributed by atoms with Gasteiger partial charge in [-0.15, -0.1) is 0 Å². The Balaban J connectivity index is 1.91. The summed E-state index contributed by atoms with van der Waals surface area (Å²) in [5.74, 6) is 0.359. The Kier molecular flexibility index (Phi) is 4.28. The Morgan fingerprint density at radius 2 is 1.94 bits per heavy atom. The number of likely N-dealkylation sites (N-methyl/N-ethyl adjacent to an activating group) is 1. The lowest BCUT2D eigenvalue weighted by atomic mass is 10.00. The van der Waals surface area contributed by atoms with E-state index < -0.39 is 0 Å². The predicted molar refractivity (Wildman–Crippen MR) is 73.2 cm³/mol. The molecule has 2 fully saturated rings. The average Bonchev–Trinajstić information content (AvgIpc) is 3.20. The first-order valence-electron chi connectivity index (χ1n) is 7.27. The van der Waals surface area contributed by atoms with Crippen LogP contribution in [0.2, 0.25) is 0 Å². The van der Waals surface area contributed by atoms with Gasteiger partial charge in [-0.3, -0.25) is 9.69 Å². The van der Waals surface area contributed by atoms with E-state index in [0.29, 0.717) is 6.04 Å². The fraction of sp³-hybridized carbons (Fsp3) is 0.929. The summed E-state index contributed by atoms with van der Waals surface area (Å²) in [7, 11) is 2.21. The molecule has 1 saturated heterocycles. The normalized spacial score (nSPS) is 26.8. The van der Waals surface area contributed by atoms with Gasteiger partial charge in [0.2, 0.25) is 5.91 Å². The van der Waals surface area contributed by atoms with Crippen molar-refractivity contribution in [3.63, 3.8) is 0 Å². The number of likely N-dealkylation sites (tertiary alicyclic amines) is 1. The molecule has 1 amide bonds. The lowest BCUT2D eigenvalue weighted by Gasteiger charge is -2.39. The molecule has 4 heteroatoms. The minimum atomic E-state index is -0.338. The highest BCUT2D eigenvalue weighted by atomic mass is 16.2. The molecule has 1 aliphatic carbocycles. The largest absolute Gasteiger partial charge is 0.340 e. The van der Waals surface area contributed by atoms with Gasteiger partial charge in [0.1, 0.15) is 0 Å². The molecular formula is C14H27N3O. The van der Waals surface area contributed by atoms with Crippen molar-refractivity contribution in [2.75, 3.05) is 20.1 Å². The van der Waals surface area contributed by atoms with Gasteiger partial charge in [0, 0.05) is 25.2 Å². The van der Waals surface area contributed by atoms with Crippen LogP contribution >= 0.6 is 0 Å². The van der Waals surface area contributed by atoms with Crippen LogP contribution in [0.3, 0.4) is 0 Å². The molecule has 4 nitrogen and oxygen atoms in total. The van der Waals surface area contributed by atoms with Crippen molar-refractivity contribution >= 4 is 5.91 Å². The van der Waals surface area contributed by atoms with Crippen LogP contribution in [0.15, 0.2) is 0 Å². The molecule has 0 unspecified atom stereocenters. The van der Waals surface area contributed by atoms with Crippen molar-refractivity contribution in [2.24, 2.45) is 11.7 Å². The van der Waals surface area contributed by atoms with Crippen LogP contribution < -0.4 is 5.73 Å². The smallest absolute Gasteiger partial charge is 0.239 e. The maximum absolute atomic E-state index is 12.3. The van der Waals surface area contributed by atoms with Crippen LogP contribution in [-0.4, -0.2) is 54.0 Å². The second kappa shape index (κ2) is 5.57. The molecule has 2 rings (SSSR count). The average molecular weight is 253 g/mol. The third-order valence-electron chi connectivity index (χ3n) is 4.41. The van der Waals surface area contributed by atoms with E-state index in [1.54, 1.807) is 0 Å². The van der Waals surface area contributed by atoms with Crippen molar-refractivity contribution in [1.82, 2.24) is 9.80 Å². The zero-order chi connectivity index (χ0) is 13.3. The lowest BCUT2D eigenvalue weighted by Crippen LogP contribution is -2.54. The van der Waals surface area contributed by atoms with Crippen molar-refractivity contribution in [2.45, 2.75) is 57.7 Å². The van der Waals surface area contributed by atoms with E-state index in [1.807, 2.05) is 18.7 Å². The topological polar surface area (TPSA) is 49.6 Å². The highest BCUT2D eigenvalue weighted by Gasteiger charge is 2.35. The summed E-state index contributed by atoms with van der Waals surface area (Å²) in [6, 6.07) is 0.966. The van der Waals surface area contributed by atoms with Gasteiger partial charge in [-0.1, -0.05) is 13.8 Å². The minimum Gasteiger partial charge on any atom is -0.340 e. The van der Waals surface area contributed by atoms with Gasteiger partial charge in [0.05, 0.1) is 6.04 Å². The van der Waals surface area contributed by atoms with Crippen molar-refractivity contribution < 1.29 is 4.79 Å². The zero-order valence-electron chi connectivity index (χ0n) is 11.9. The molecule has 0 spiro atoms. The molecule has 0 aromatic carbocycles. The number of hydrogen-bond donors (Lipinski definition) is 1. The molecular weight excluding hydrogens is 226 g/mol. The molecule has 18 heavy (non-hydrogen) atoms. The second-order valence-corrected chi connectivity index (χ2v) is 6.25. The van der Waals surface area contributed by atoms with E-state index in [4.69, 9.17) is 5.73 Å². The molecule has 0 bridgehead atoms. The molecule has 2 aliphatic rings. The molecule has 0 radical (unpaired) electrons. The van der Waals surface area contributed by atoms with Crippen LogP contribution in [0.1, 0.15) is 39.5 Å². The van der Waals surface area contributed by atoms with Gasteiger partial charge >= 0.3 is 0 Å². The van der Waals surface area contributed by atoms with Gasteiger partial charge in [-0.2, -0.15) is 0 Å². The fourth-order valence-corrected chi connectivity index (χ4v) is 2.76. The molecule has 1 aliphatic heterocycles. The summed E-state index contributed by atoms with van der Waals surface area (Å²) in [4.78, 5) is 16.7. The van der Waals surface area contributed by atoms with E-state index in [9.17, 15) is 4.79 Å². The van der Waals surface area contributed by atoms with Gasteiger partial charge in [0.15, 0.2) is 0 Å². The van der Waals surface area contributed by atoms with Gasteiger partial charge in [-0.05, 0) is 38.6 Å². The Morgan fingerprint density at radius 1 is 1.28 bits per heavy atom. The number of rotatable bonds is 4. The maximum Gasteiger partial charge on any atom is 0.239 e. The molecule has 2 atom stereocenters. The van der Waals surface area contributed by atoms with Crippen LogP contribution in [0.5, 0.6) is 0 Å². The third kappa shape index (κ3) is 3.04. The third-order valence-corrected chi connectivity index (χ3v) is 4.41. The highest BCUT2D eigenvalue weighted by Crippen LogP contribution is 2.29. The summed E-state index contributed by atoms with van der Waals surface area (Å²) >= 11 is 0. The molecule has 1 heterocycles. The minimum absolute atomic E-state index is 0.138. The van der Waals surface area contributed by atoms with E-state index in [2.05, 4.69) is 11.9 Å². The first-order valence-corrected chi connectivity index (χ1v) is 7.27. The number of nitrogens with zero attached hydrogens (tertiary/aromatic N) is 2. The van der Waals surface area contributed by atoms with Gasteiger partial charge in [-0.25, -0.2) is 0 Å². The van der Waals surface area contributed by atoms with Gasteiger partial charge in [0.25, 0.3) is 0 Å². The molecule has 104 valence electrons. The zero-order valence-corrected chi connectivity index (χ0v) is 11.9. The monoisotopic (exact) mass is 253 g/mol. The number of hydrogen-bond acceptors (Lipinski definition) is 3. The number of carbonyl (C=O) groups is 1. The quantitative estimate of drug-likeness (QED) is 0.815. The van der Waals surface area contributed by atoms with Crippen molar-refractivity contribution in [3.05, 3.63) is 0 Å². The first-order chi connectivity index (χ1) is 8.50. The summed E-state index contributed by atoms with van der Waals surface area (Å²) < 4.78 is 0. The van der Waals surface area contributed by atoms with E-state index in [-0.39, 0.29) is 17.9 Å². The van der Waals surface area contributed by atoms with Crippen molar-refractivity contribution in [3.8, 4) is 0 Å². The Morgan fingerprint density at radius 3 is 2.50 bits per heavy atom. The van der Waals surface area contributed by atoms with E-state index in [0.717, 1.165) is 25.6 Å². The Labute approximate surface area is 110 Å². The van der Waals surface area contributed by atoms with E-state index >= 15 is 0 Å². The number of piperidine rings is 1. The Bertz CT molecular complexity index is 301. The lowest BCUT2D eigenvalue weighted by molar-refractivity contribution is -0.135. The summed E-state index contributed by atoms with van der Waals surface area (Å²) in [6.45, 7) is 5.78. The second-order valence-electron chi connectivity index (χ2n) is 6.25. The molecule has 1 saturated carbocycles. The summed E-state index contributed by atoms with van der Waals surface area (Å²) in [5, 5.41) is 0. The van der Waals surface area contributed by atoms with Crippen LogP contribution in [-0.2, 0) is 4.79 Å². The standard InChI is InChI=1S/C14H27N3O/c1-10(2)13(15)14(18)17-8-4-5-12(9-17)16(3)11-6-7-11/h10-13H,4-9,15H2,1-3H3/t12-,13-/m0/s1. The molecule has 0 aromatic rings. The summed E-state index contributed by atoms with van der Waals surface area (Å²) in [5.41, 5.74) is 5.98. The first kappa shape index (κ1) is 13.8. The fourth-order valence-electron chi connectivity index (χ4n) is 2.76. The van der Waals surface area contributed by atoms with E-state index in [1.165, 1.54) is 19.3 Å². The SMILES string of the molecule is CC(C)[C@H](N)C(=O)N1CCC[C@H](N(C)C2CC2)C1. The Hall–Kier alpha value is -0.610. The predicted octanol–water partition coefficient (Wildman–Crippen LogP) is 1.05. The number of carbonyl (C=O) groups excluding carboxylic acids is 1. The summed E-state index contributed by atoms with van der Waals surface area (Å²) in [6.07, 6.45) is 4.98. The number of amides is 1. The van der Waals surface area contributed by atoms with Crippen LogP contribution in [0.4, 0.5) is 0 Å². The molecule has 2 N–H and O–H groups in total. The van der Waals surface area contributed by atoms with Crippen molar-refractivity contribution in [1.29, 1.82) is 0 Å². The highest BCUT2D eigenvalue weighted by molar-refractivity contribution is 5.82. The number of nitrogens with two attached hydrogens (primary N) is 1. The van der Waals surface area contributed by atoms with Gasteiger partial charge < -0.3 is 10.6 Å². The maximum atomic E-state index is 12.3. The molecule has 0 aromatic heterocycles.